The van der Waals surface area contributed by atoms with Crippen LogP contribution in [0, 0.1) is 6.92 Å². The van der Waals surface area contributed by atoms with Crippen LogP contribution in [0.5, 0.6) is 0 Å². The summed E-state index contributed by atoms with van der Waals surface area (Å²) in [4.78, 5) is 27.6. The van der Waals surface area contributed by atoms with Crippen molar-refractivity contribution in [1.82, 2.24) is 4.98 Å². The maximum atomic E-state index is 12.2. The van der Waals surface area contributed by atoms with Gasteiger partial charge in [-0.05, 0) is 18.6 Å². The number of nitrogens with one attached hydrogen (secondary N) is 1. The molecule has 138 valence electrons. The Morgan fingerprint density at radius 2 is 1.85 bits per heavy atom. The Kier molecular flexibility index (Phi) is 5.66. The van der Waals surface area contributed by atoms with Gasteiger partial charge in [0.15, 0.2) is 11.7 Å². The quantitative estimate of drug-likeness (QED) is 0.673. The van der Waals surface area contributed by atoms with Crippen molar-refractivity contribution in [1.29, 1.82) is 0 Å². The summed E-state index contributed by atoms with van der Waals surface area (Å²) < 4.78 is 5.73. The van der Waals surface area contributed by atoms with Crippen LogP contribution in [-0.2, 0) is 22.4 Å². The molecule has 0 fully saturated rings. The molecular weight excluding hydrogens is 342 g/mol. The number of benzene rings is 2. The van der Waals surface area contributed by atoms with Gasteiger partial charge in [-0.1, -0.05) is 48.0 Å². The van der Waals surface area contributed by atoms with Gasteiger partial charge in [0, 0.05) is 24.1 Å². The summed E-state index contributed by atoms with van der Waals surface area (Å²) in [6.07, 6.45) is 2.35. The number of aromatic nitrogens is 1. The number of carbonyl (C=O) groups excluding carboxylic acids is 2. The molecule has 2 amide bonds. The molecule has 2 aromatic carbocycles. The molecule has 0 unspecified atom stereocenters. The third-order valence-electron chi connectivity index (χ3n) is 4.11. The van der Waals surface area contributed by atoms with Gasteiger partial charge in [0.1, 0.15) is 0 Å². The zero-order chi connectivity index (χ0) is 19.2. The average molecular weight is 363 g/mol. The van der Waals surface area contributed by atoms with Crippen LogP contribution >= 0.6 is 0 Å². The molecule has 0 aliphatic rings. The number of primary amides is 1. The molecule has 1 heterocycles. The Bertz CT molecular complexity index is 945. The van der Waals surface area contributed by atoms with Gasteiger partial charge in [-0.15, -0.1) is 0 Å². The molecule has 0 saturated carbocycles. The van der Waals surface area contributed by atoms with E-state index in [9.17, 15) is 9.59 Å². The summed E-state index contributed by atoms with van der Waals surface area (Å²) in [6, 6.07) is 15.1. The third kappa shape index (κ3) is 5.04. The summed E-state index contributed by atoms with van der Waals surface area (Å²) in [6.45, 7) is 2.02. The number of aryl methyl sites for hydroxylation is 2. The SMILES string of the molecule is Cc1ccc(-c2cnc(CCC(=O)Nc3ccccc3CC(N)=O)o2)cc1. The van der Waals surface area contributed by atoms with Gasteiger partial charge in [-0.3, -0.25) is 9.59 Å². The molecule has 0 aliphatic heterocycles. The van der Waals surface area contributed by atoms with E-state index in [0.717, 1.165) is 5.56 Å². The standard InChI is InChI=1S/C21H21N3O3/c1-14-6-8-15(9-7-14)18-13-23-21(27-18)11-10-20(26)24-17-5-3-2-4-16(17)12-19(22)25/h2-9,13H,10-12H2,1H3,(H2,22,25)(H,24,26). The summed E-state index contributed by atoms with van der Waals surface area (Å²) in [5, 5.41) is 2.81. The maximum Gasteiger partial charge on any atom is 0.224 e. The number of anilines is 1. The van der Waals surface area contributed by atoms with E-state index in [1.54, 1.807) is 30.5 Å². The van der Waals surface area contributed by atoms with Gasteiger partial charge in [0.05, 0.1) is 12.6 Å². The molecule has 0 aliphatic carbocycles. The van der Waals surface area contributed by atoms with Crippen LogP contribution < -0.4 is 11.1 Å². The first-order valence-electron chi connectivity index (χ1n) is 8.69. The van der Waals surface area contributed by atoms with Crippen LogP contribution in [0.15, 0.2) is 59.1 Å². The van der Waals surface area contributed by atoms with Crippen LogP contribution in [0.2, 0.25) is 0 Å². The predicted molar refractivity (Wildman–Crippen MR) is 103 cm³/mol. The zero-order valence-electron chi connectivity index (χ0n) is 15.1. The van der Waals surface area contributed by atoms with E-state index in [4.69, 9.17) is 10.2 Å². The molecule has 3 aromatic rings. The van der Waals surface area contributed by atoms with Gasteiger partial charge < -0.3 is 15.5 Å². The smallest absolute Gasteiger partial charge is 0.224 e. The van der Waals surface area contributed by atoms with Crippen LogP contribution in [-0.4, -0.2) is 16.8 Å². The van der Waals surface area contributed by atoms with Crippen LogP contribution in [0.3, 0.4) is 0 Å². The lowest BCUT2D eigenvalue weighted by Crippen LogP contribution is -2.17. The fraction of sp³-hybridized carbons (Fsp3) is 0.190. The Hall–Kier alpha value is -3.41. The second-order valence-corrected chi connectivity index (χ2v) is 6.33. The molecule has 3 rings (SSSR count). The van der Waals surface area contributed by atoms with Gasteiger partial charge in [0.25, 0.3) is 0 Å². The highest BCUT2D eigenvalue weighted by molar-refractivity contribution is 5.92. The minimum absolute atomic E-state index is 0.0795. The number of hydrogen-bond donors (Lipinski definition) is 2. The van der Waals surface area contributed by atoms with E-state index in [2.05, 4.69) is 10.3 Å². The number of oxazole rings is 1. The minimum atomic E-state index is -0.444. The number of para-hydroxylation sites is 1. The molecule has 1 aromatic heterocycles. The first-order valence-corrected chi connectivity index (χ1v) is 8.69. The normalized spacial score (nSPS) is 10.6. The Balaban J connectivity index is 1.59. The van der Waals surface area contributed by atoms with Crippen molar-refractivity contribution in [3.63, 3.8) is 0 Å². The number of nitrogens with zero attached hydrogens (tertiary/aromatic N) is 1. The largest absolute Gasteiger partial charge is 0.441 e. The van der Waals surface area contributed by atoms with E-state index in [-0.39, 0.29) is 18.7 Å². The maximum absolute atomic E-state index is 12.2. The molecule has 0 radical (unpaired) electrons. The number of amides is 2. The Morgan fingerprint density at radius 3 is 2.59 bits per heavy atom. The highest BCUT2D eigenvalue weighted by atomic mass is 16.4. The highest BCUT2D eigenvalue weighted by Crippen LogP contribution is 2.21. The molecule has 27 heavy (non-hydrogen) atoms. The lowest BCUT2D eigenvalue weighted by atomic mass is 10.1. The average Bonchev–Trinajstić information content (AvgIpc) is 3.11. The van der Waals surface area contributed by atoms with Crippen molar-refractivity contribution >= 4 is 17.5 Å². The van der Waals surface area contributed by atoms with E-state index < -0.39 is 5.91 Å². The fourth-order valence-electron chi connectivity index (χ4n) is 2.69. The second-order valence-electron chi connectivity index (χ2n) is 6.33. The molecule has 0 spiro atoms. The fourth-order valence-corrected chi connectivity index (χ4v) is 2.69. The molecule has 6 nitrogen and oxygen atoms in total. The number of rotatable bonds is 7. The molecular formula is C21H21N3O3. The van der Waals surface area contributed by atoms with E-state index in [0.29, 0.717) is 29.3 Å². The van der Waals surface area contributed by atoms with Crippen LogP contribution in [0.25, 0.3) is 11.3 Å². The third-order valence-corrected chi connectivity index (χ3v) is 4.11. The summed E-state index contributed by atoms with van der Waals surface area (Å²) in [7, 11) is 0. The Morgan fingerprint density at radius 1 is 1.11 bits per heavy atom. The number of nitrogens with two attached hydrogens (primary N) is 1. The first kappa shape index (κ1) is 18.4. The summed E-state index contributed by atoms with van der Waals surface area (Å²) in [5.74, 6) is 0.561. The van der Waals surface area contributed by atoms with Gasteiger partial charge >= 0.3 is 0 Å². The summed E-state index contributed by atoms with van der Waals surface area (Å²) in [5.41, 5.74) is 8.65. The predicted octanol–water partition coefficient (Wildman–Crippen LogP) is 3.25. The second kappa shape index (κ2) is 8.31. The van der Waals surface area contributed by atoms with Crippen molar-refractivity contribution in [2.24, 2.45) is 5.73 Å². The minimum Gasteiger partial charge on any atom is -0.441 e. The van der Waals surface area contributed by atoms with Gasteiger partial charge in [-0.25, -0.2) is 4.98 Å². The molecule has 0 bridgehead atoms. The summed E-state index contributed by atoms with van der Waals surface area (Å²) >= 11 is 0. The molecule has 3 N–H and O–H groups in total. The first-order chi connectivity index (χ1) is 13.0. The van der Waals surface area contributed by atoms with Crippen LogP contribution in [0.1, 0.15) is 23.4 Å². The Labute approximate surface area is 157 Å². The highest BCUT2D eigenvalue weighted by Gasteiger charge is 2.11. The van der Waals surface area contributed by atoms with Crippen molar-refractivity contribution < 1.29 is 14.0 Å². The molecule has 0 atom stereocenters. The van der Waals surface area contributed by atoms with Crippen molar-refractivity contribution in [2.75, 3.05) is 5.32 Å². The lowest BCUT2D eigenvalue weighted by Gasteiger charge is -2.09. The van der Waals surface area contributed by atoms with Crippen molar-refractivity contribution in [3.05, 3.63) is 71.7 Å². The van der Waals surface area contributed by atoms with E-state index >= 15 is 0 Å². The zero-order valence-corrected chi connectivity index (χ0v) is 15.1. The number of carbonyl (C=O) groups is 2. The monoisotopic (exact) mass is 363 g/mol. The molecule has 0 saturated heterocycles. The van der Waals surface area contributed by atoms with Gasteiger partial charge in [0.2, 0.25) is 11.8 Å². The van der Waals surface area contributed by atoms with Crippen LogP contribution in [0.4, 0.5) is 5.69 Å². The van der Waals surface area contributed by atoms with Gasteiger partial charge in [-0.2, -0.15) is 0 Å². The molecule has 6 heteroatoms. The lowest BCUT2D eigenvalue weighted by molar-refractivity contribution is -0.118. The van der Waals surface area contributed by atoms with Crippen molar-refractivity contribution in [2.45, 2.75) is 26.2 Å². The van der Waals surface area contributed by atoms with E-state index in [1.165, 1.54) is 5.56 Å². The van der Waals surface area contributed by atoms with Crippen molar-refractivity contribution in [3.8, 4) is 11.3 Å². The van der Waals surface area contributed by atoms with E-state index in [1.807, 2.05) is 31.2 Å². The number of hydrogen-bond acceptors (Lipinski definition) is 4. The topological polar surface area (TPSA) is 98.2 Å².